The van der Waals surface area contributed by atoms with Crippen LogP contribution in [0.2, 0.25) is 19.6 Å². The van der Waals surface area contributed by atoms with Crippen LogP contribution in [0.25, 0.3) is 0 Å². The summed E-state index contributed by atoms with van der Waals surface area (Å²) in [5.41, 5.74) is 1.42. The summed E-state index contributed by atoms with van der Waals surface area (Å²) in [6.45, 7) is 7.11. The average Bonchev–Trinajstić information content (AvgIpc) is 2.15. The molecule has 0 atom stereocenters. The molecule has 1 fully saturated rings. The summed E-state index contributed by atoms with van der Waals surface area (Å²) in [4.78, 5) is 10.6. The van der Waals surface area contributed by atoms with Crippen LogP contribution in [-0.2, 0) is 4.79 Å². The lowest BCUT2D eigenvalue weighted by Gasteiger charge is -2.32. The van der Waals surface area contributed by atoms with Gasteiger partial charge in [-0.15, -0.1) is 0 Å². The van der Waals surface area contributed by atoms with Crippen LogP contribution in [-0.4, -0.2) is 14.4 Å². The fraction of sp³-hybridized carbons (Fsp3) is 0.500. The summed E-state index contributed by atoms with van der Waals surface area (Å²) >= 11 is 0. The van der Waals surface area contributed by atoms with Gasteiger partial charge in [-0.1, -0.05) is 49.1 Å². The summed E-state index contributed by atoms with van der Waals surface area (Å²) < 4.78 is 0. The maximum Gasteiger partial charge on any atom is 0.123 e. The van der Waals surface area contributed by atoms with Crippen molar-refractivity contribution in [1.82, 2.24) is 0 Å². The Morgan fingerprint density at radius 2 is 1.69 bits per heavy atom. The van der Waals surface area contributed by atoms with Crippen molar-refractivity contribution in [3.05, 3.63) is 29.8 Å². The lowest BCUT2D eigenvalue weighted by Crippen LogP contribution is -2.37. The molecular weight excluding hydrogens is 212 g/mol. The number of benzene rings is 1. The smallest absolute Gasteiger partial charge is 0.123 e. The summed E-state index contributed by atoms with van der Waals surface area (Å²) in [6, 6.07) is 9.10. The Bertz CT molecular complexity index is 369. The van der Waals surface area contributed by atoms with Crippen LogP contribution < -0.4 is 5.19 Å². The Hall–Kier alpha value is -0.893. The van der Waals surface area contributed by atoms with Gasteiger partial charge in [0.2, 0.25) is 0 Å². The van der Waals surface area contributed by atoms with E-state index in [1.807, 2.05) is 0 Å². The van der Waals surface area contributed by atoms with Gasteiger partial charge in [0, 0.05) is 5.92 Å². The number of carbonyl (C=O) groups excluding carboxylic acids is 1. The summed E-state index contributed by atoms with van der Waals surface area (Å²) in [5, 5.41) is 1.52. The van der Waals surface area contributed by atoms with E-state index in [2.05, 4.69) is 43.9 Å². The molecule has 0 heterocycles. The van der Waals surface area contributed by atoms with Gasteiger partial charge in [0.25, 0.3) is 0 Å². The maximum atomic E-state index is 10.6. The zero-order valence-corrected chi connectivity index (χ0v) is 11.4. The van der Waals surface area contributed by atoms with E-state index in [1.165, 1.54) is 10.8 Å². The van der Waals surface area contributed by atoms with Crippen molar-refractivity contribution in [2.45, 2.75) is 38.4 Å². The molecule has 1 nitrogen and oxygen atoms in total. The molecule has 16 heavy (non-hydrogen) atoms. The van der Waals surface area contributed by atoms with Gasteiger partial charge in [-0.3, -0.25) is 0 Å². The zero-order chi connectivity index (χ0) is 11.8. The molecule has 1 aliphatic rings. The number of hydrogen-bond acceptors (Lipinski definition) is 1. The number of carbonyl (C=O) groups is 1. The van der Waals surface area contributed by atoms with E-state index in [0.717, 1.165) is 19.1 Å². The highest BCUT2D eigenvalue weighted by Crippen LogP contribution is 2.40. The van der Waals surface area contributed by atoms with E-state index in [9.17, 15) is 4.79 Å². The topological polar surface area (TPSA) is 17.1 Å². The molecular formula is C14H20OSi. The Kier molecular flexibility index (Phi) is 3.02. The van der Waals surface area contributed by atoms with Crippen molar-refractivity contribution in [2.24, 2.45) is 5.92 Å². The molecule has 0 radical (unpaired) electrons. The number of aldehydes is 1. The largest absolute Gasteiger partial charge is 0.303 e. The molecule has 0 N–H and O–H groups in total. The highest BCUT2D eigenvalue weighted by atomic mass is 28.3. The van der Waals surface area contributed by atoms with Crippen LogP contribution in [0.3, 0.4) is 0 Å². The molecule has 0 amide bonds. The van der Waals surface area contributed by atoms with Crippen LogP contribution in [0.5, 0.6) is 0 Å². The van der Waals surface area contributed by atoms with E-state index in [0.29, 0.717) is 11.8 Å². The van der Waals surface area contributed by atoms with Crippen LogP contribution in [0.1, 0.15) is 24.3 Å². The lowest BCUT2D eigenvalue weighted by molar-refractivity contribution is -0.113. The molecule has 2 heteroatoms. The zero-order valence-electron chi connectivity index (χ0n) is 10.4. The Morgan fingerprint density at radius 3 is 2.12 bits per heavy atom. The van der Waals surface area contributed by atoms with Gasteiger partial charge in [0.1, 0.15) is 6.29 Å². The molecule has 0 bridgehead atoms. The molecule has 0 aromatic heterocycles. The molecule has 1 aliphatic carbocycles. The fourth-order valence-corrected chi connectivity index (χ4v) is 3.47. The van der Waals surface area contributed by atoms with E-state index in [4.69, 9.17) is 0 Å². The second kappa shape index (κ2) is 4.17. The SMILES string of the molecule is C[Si](C)(C)c1ccc(C2CC(C=O)C2)cc1. The Labute approximate surface area is 98.9 Å². The van der Waals surface area contributed by atoms with Gasteiger partial charge >= 0.3 is 0 Å². The van der Waals surface area contributed by atoms with Gasteiger partial charge < -0.3 is 4.79 Å². The first kappa shape index (κ1) is 11.6. The van der Waals surface area contributed by atoms with Crippen LogP contribution >= 0.6 is 0 Å². The summed E-state index contributed by atoms with van der Waals surface area (Å²) in [7, 11) is -1.16. The standard InChI is InChI=1S/C14H20OSi/c1-16(2,3)14-6-4-12(5-7-14)13-8-11(9-13)10-15/h4-7,10-11,13H,8-9H2,1-3H3. The third-order valence-corrected chi connectivity index (χ3v) is 5.68. The van der Waals surface area contributed by atoms with Crippen LogP contribution in [0.4, 0.5) is 0 Å². The predicted molar refractivity (Wildman–Crippen MR) is 71.0 cm³/mol. The van der Waals surface area contributed by atoms with Crippen molar-refractivity contribution in [3.8, 4) is 0 Å². The van der Waals surface area contributed by atoms with E-state index >= 15 is 0 Å². The molecule has 0 aliphatic heterocycles. The highest BCUT2D eigenvalue weighted by molar-refractivity contribution is 6.88. The Morgan fingerprint density at radius 1 is 1.12 bits per heavy atom. The first-order chi connectivity index (χ1) is 7.50. The van der Waals surface area contributed by atoms with Gasteiger partial charge in [0.05, 0.1) is 8.07 Å². The van der Waals surface area contributed by atoms with Gasteiger partial charge in [0.15, 0.2) is 0 Å². The molecule has 86 valence electrons. The fourth-order valence-electron chi connectivity index (χ4n) is 2.30. The first-order valence-electron chi connectivity index (χ1n) is 6.06. The molecule has 1 aromatic rings. The maximum absolute atomic E-state index is 10.6. The number of rotatable bonds is 3. The highest BCUT2D eigenvalue weighted by Gasteiger charge is 2.29. The first-order valence-corrected chi connectivity index (χ1v) is 9.56. The molecule has 1 aromatic carbocycles. The third kappa shape index (κ3) is 2.27. The minimum Gasteiger partial charge on any atom is -0.303 e. The van der Waals surface area contributed by atoms with E-state index < -0.39 is 8.07 Å². The van der Waals surface area contributed by atoms with Crippen molar-refractivity contribution in [1.29, 1.82) is 0 Å². The van der Waals surface area contributed by atoms with Crippen molar-refractivity contribution >= 4 is 19.5 Å². The van der Waals surface area contributed by atoms with Gasteiger partial charge in [-0.2, -0.15) is 0 Å². The number of hydrogen-bond donors (Lipinski definition) is 0. The van der Waals surface area contributed by atoms with Crippen molar-refractivity contribution in [2.75, 3.05) is 0 Å². The van der Waals surface area contributed by atoms with Gasteiger partial charge in [-0.05, 0) is 24.3 Å². The second-order valence-corrected chi connectivity index (χ2v) is 11.0. The Balaban J connectivity index is 2.06. The van der Waals surface area contributed by atoms with Crippen molar-refractivity contribution < 1.29 is 4.79 Å². The summed E-state index contributed by atoms with van der Waals surface area (Å²) in [6.07, 6.45) is 3.21. The third-order valence-electron chi connectivity index (χ3n) is 3.62. The minimum atomic E-state index is -1.16. The monoisotopic (exact) mass is 232 g/mol. The molecule has 0 saturated heterocycles. The summed E-state index contributed by atoms with van der Waals surface area (Å²) in [5.74, 6) is 0.951. The lowest BCUT2D eigenvalue weighted by atomic mass is 9.72. The predicted octanol–water partition coefficient (Wildman–Crippen LogP) is 2.92. The second-order valence-electron chi connectivity index (χ2n) is 5.94. The van der Waals surface area contributed by atoms with Crippen molar-refractivity contribution in [3.63, 3.8) is 0 Å². The molecule has 0 spiro atoms. The van der Waals surface area contributed by atoms with Gasteiger partial charge in [-0.25, -0.2) is 0 Å². The minimum absolute atomic E-state index is 0.321. The molecule has 1 saturated carbocycles. The van der Waals surface area contributed by atoms with E-state index in [1.54, 1.807) is 0 Å². The van der Waals surface area contributed by atoms with E-state index in [-0.39, 0.29) is 0 Å². The van der Waals surface area contributed by atoms with Crippen LogP contribution in [0, 0.1) is 5.92 Å². The normalized spacial score (nSPS) is 24.9. The quantitative estimate of drug-likeness (QED) is 0.578. The average molecular weight is 232 g/mol. The van der Waals surface area contributed by atoms with Crippen LogP contribution in [0.15, 0.2) is 24.3 Å². The molecule has 0 unspecified atom stereocenters. The molecule has 2 rings (SSSR count).